The van der Waals surface area contributed by atoms with Crippen LogP contribution < -0.4 is 0 Å². The molecule has 0 saturated carbocycles. The van der Waals surface area contributed by atoms with E-state index in [1.54, 1.807) is 0 Å². The molecule has 0 aliphatic heterocycles. The molecule has 0 bridgehead atoms. The zero-order valence-corrected chi connectivity index (χ0v) is 9.60. The second kappa shape index (κ2) is 6.61. The Hall–Kier alpha value is -0.820. The van der Waals surface area contributed by atoms with Gasteiger partial charge in [-0.25, -0.2) is 0 Å². The van der Waals surface area contributed by atoms with Gasteiger partial charge in [0, 0.05) is 0 Å². The third-order valence-corrected chi connectivity index (χ3v) is 1.85. The summed E-state index contributed by atoms with van der Waals surface area (Å²) in [7, 11) is 0. The first kappa shape index (κ1) is 13.2. The van der Waals surface area contributed by atoms with Crippen molar-refractivity contribution in [2.75, 3.05) is 0 Å². The molecule has 0 aliphatic carbocycles. The average molecular weight is 213 g/mol. The van der Waals surface area contributed by atoms with Gasteiger partial charge in [-0.05, 0) is 50.3 Å². The van der Waals surface area contributed by atoms with Crippen LogP contribution in [0.1, 0.15) is 26.7 Å². The van der Waals surface area contributed by atoms with E-state index in [2.05, 4.69) is 13.2 Å². The summed E-state index contributed by atoms with van der Waals surface area (Å²) < 4.78 is 0. The molecule has 0 N–H and O–H groups in total. The molecule has 1 nitrogen and oxygen atoms in total. The lowest BCUT2D eigenvalue weighted by Gasteiger charge is -2.11. The molecule has 0 radical (unpaired) electrons. The van der Waals surface area contributed by atoms with E-state index >= 15 is 0 Å². The minimum Gasteiger partial charge on any atom is -0.276 e. The van der Waals surface area contributed by atoms with Crippen molar-refractivity contribution in [3.05, 3.63) is 36.5 Å². The van der Waals surface area contributed by atoms with Gasteiger partial charge in [0.2, 0.25) is 5.24 Å². The van der Waals surface area contributed by atoms with Gasteiger partial charge in [-0.15, -0.1) is 13.2 Å². The smallest absolute Gasteiger partial charge is 0.244 e. The molecule has 0 rings (SSSR count). The van der Waals surface area contributed by atoms with E-state index in [1.807, 2.05) is 19.9 Å². The maximum absolute atomic E-state index is 10.6. The molecule has 0 aromatic carbocycles. The highest BCUT2D eigenvalue weighted by atomic mass is 35.5. The van der Waals surface area contributed by atoms with E-state index in [4.69, 9.17) is 11.6 Å². The monoisotopic (exact) mass is 212 g/mol. The topological polar surface area (TPSA) is 17.1 Å². The lowest BCUT2D eigenvalue weighted by atomic mass is 9.94. The number of rotatable bonds is 6. The van der Waals surface area contributed by atoms with Crippen molar-refractivity contribution in [3.8, 4) is 0 Å². The summed E-state index contributed by atoms with van der Waals surface area (Å²) in [6.07, 6.45) is 4.97. The molecule has 14 heavy (non-hydrogen) atoms. The SMILES string of the molecule is C=C(C)CC(/C=C/C(=O)Cl)CC(=C)C. The minimum absolute atomic E-state index is 0.285. The van der Waals surface area contributed by atoms with E-state index in [0.29, 0.717) is 0 Å². The van der Waals surface area contributed by atoms with Crippen LogP contribution in [0.2, 0.25) is 0 Å². The summed E-state index contributed by atoms with van der Waals surface area (Å²) in [5, 5.41) is -0.432. The third kappa shape index (κ3) is 7.81. The first-order valence-corrected chi connectivity index (χ1v) is 4.96. The highest BCUT2D eigenvalue weighted by molar-refractivity contribution is 6.66. The molecule has 0 unspecified atom stereocenters. The molecule has 0 spiro atoms. The normalized spacial score (nSPS) is 10.9. The molecule has 0 aromatic rings. The zero-order valence-electron chi connectivity index (χ0n) is 8.85. The van der Waals surface area contributed by atoms with E-state index in [1.165, 1.54) is 6.08 Å². The van der Waals surface area contributed by atoms with E-state index < -0.39 is 5.24 Å². The molecule has 0 amide bonds. The summed E-state index contributed by atoms with van der Waals surface area (Å²) in [6.45, 7) is 11.6. The van der Waals surface area contributed by atoms with Crippen molar-refractivity contribution in [2.45, 2.75) is 26.7 Å². The summed E-state index contributed by atoms with van der Waals surface area (Å²) >= 11 is 5.22. The van der Waals surface area contributed by atoms with Gasteiger partial charge in [-0.3, -0.25) is 4.79 Å². The van der Waals surface area contributed by atoms with Crippen LogP contribution in [0, 0.1) is 5.92 Å². The van der Waals surface area contributed by atoms with Gasteiger partial charge >= 0.3 is 0 Å². The van der Waals surface area contributed by atoms with Crippen molar-refractivity contribution in [1.29, 1.82) is 0 Å². The van der Waals surface area contributed by atoms with E-state index in [-0.39, 0.29) is 5.92 Å². The van der Waals surface area contributed by atoms with Crippen molar-refractivity contribution >= 4 is 16.8 Å². The number of hydrogen-bond donors (Lipinski definition) is 0. The first-order valence-electron chi connectivity index (χ1n) is 4.58. The minimum atomic E-state index is -0.432. The van der Waals surface area contributed by atoms with Crippen LogP contribution >= 0.6 is 11.6 Å². The maximum atomic E-state index is 10.6. The predicted octanol–water partition coefficient (Wildman–Crippen LogP) is 3.86. The van der Waals surface area contributed by atoms with E-state index in [9.17, 15) is 4.79 Å². The summed E-state index contributed by atoms with van der Waals surface area (Å²) in [4.78, 5) is 10.6. The summed E-state index contributed by atoms with van der Waals surface area (Å²) in [6, 6.07) is 0. The molecule has 0 fully saturated rings. The number of hydrogen-bond acceptors (Lipinski definition) is 1. The van der Waals surface area contributed by atoms with Crippen molar-refractivity contribution < 1.29 is 4.79 Å². The molecule has 0 atom stereocenters. The van der Waals surface area contributed by atoms with Crippen LogP contribution in [0.25, 0.3) is 0 Å². The molecule has 78 valence electrons. The van der Waals surface area contributed by atoms with Gasteiger partial charge in [-0.1, -0.05) is 17.2 Å². The molecule has 0 aromatic heterocycles. The highest BCUT2D eigenvalue weighted by Gasteiger charge is 2.05. The Balaban J connectivity index is 4.31. The number of carbonyl (C=O) groups is 1. The lowest BCUT2D eigenvalue weighted by molar-refractivity contribution is -0.107. The van der Waals surface area contributed by atoms with Crippen molar-refractivity contribution in [2.24, 2.45) is 5.92 Å². The standard InChI is InChI=1S/C12H17ClO/c1-9(2)7-11(8-10(3)4)5-6-12(13)14/h5-6,11H,1,3,7-8H2,2,4H3/b6-5+. The fourth-order valence-electron chi connectivity index (χ4n) is 1.32. The van der Waals surface area contributed by atoms with Gasteiger partial charge in [0.1, 0.15) is 0 Å². The zero-order chi connectivity index (χ0) is 11.1. The Morgan fingerprint density at radius 2 is 1.71 bits per heavy atom. The van der Waals surface area contributed by atoms with Gasteiger partial charge in [0.15, 0.2) is 0 Å². The van der Waals surface area contributed by atoms with E-state index in [0.717, 1.165) is 24.0 Å². The Labute approximate surface area is 91.1 Å². The Morgan fingerprint density at radius 1 is 1.29 bits per heavy atom. The second-order valence-electron chi connectivity index (χ2n) is 3.75. The van der Waals surface area contributed by atoms with Crippen molar-refractivity contribution in [1.82, 2.24) is 0 Å². The summed E-state index contributed by atoms with van der Waals surface area (Å²) in [5.74, 6) is 0.285. The van der Waals surface area contributed by atoms with Crippen LogP contribution in [0.5, 0.6) is 0 Å². The molecule has 0 saturated heterocycles. The molecule has 0 aliphatic rings. The largest absolute Gasteiger partial charge is 0.276 e. The number of halogens is 1. The summed E-state index contributed by atoms with van der Waals surface area (Å²) in [5.41, 5.74) is 2.20. The molecular weight excluding hydrogens is 196 g/mol. The quantitative estimate of drug-likeness (QED) is 0.371. The molecule has 0 heterocycles. The number of carbonyl (C=O) groups excluding carboxylic acids is 1. The lowest BCUT2D eigenvalue weighted by Crippen LogP contribution is -1.98. The fourth-order valence-corrected chi connectivity index (χ4v) is 1.39. The second-order valence-corrected chi connectivity index (χ2v) is 4.12. The Kier molecular flexibility index (Phi) is 6.22. The van der Waals surface area contributed by atoms with Gasteiger partial charge in [-0.2, -0.15) is 0 Å². The van der Waals surface area contributed by atoms with Crippen LogP contribution in [-0.4, -0.2) is 5.24 Å². The number of allylic oxidation sites excluding steroid dienone is 4. The Bertz CT molecular complexity index is 247. The van der Waals surface area contributed by atoms with Crippen molar-refractivity contribution in [3.63, 3.8) is 0 Å². The van der Waals surface area contributed by atoms with Crippen LogP contribution in [0.15, 0.2) is 36.5 Å². The van der Waals surface area contributed by atoms with Gasteiger partial charge in [0.05, 0.1) is 0 Å². The van der Waals surface area contributed by atoms with Gasteiger partial charge < -0.3 is 0 Å². The van der Waals surface area contributed by atoms with Crippen LogP contribution in [0.3, 0.4) is 0 Å². The Morgan fingerprint density at radius 3 is 2.00 bits per heavy atom. The first-order chi connectivity index (χ1) is 6.41. The molecule has 2 heteroatoms. The highest BCUT2D eigenvalue weighted by Crippen LogP contribution is 2.19. The maximum Gasteiger partial charge on any atom is 0.244 e. The average Bonchev–Trinajstić information content (AvgIpc) is 1.97. The molecular formula is C12H17ClO. The van der Waals surface area contributed by atoms with Gasteiger partial charge in [0.25, 0.3) is 0 Å². The third-order valence-electron chi connectivity index (χ3n) is 1.72. The van der Waals surface area contributed by atoms with Crippen LogP contribution in [0.4, 0.5) is 0 Å². The fraction of sp³-hybridized carbons (Fsp3) is 0.417. The van der Waals surface area contributed by atoms with Crippen LogP contribution in [-0.2, 0) is 4.79 Å². The predicted molar refractivity (Wildman–Crippen MR) is 62.4 cm³/mol.